The summed E-state index contributed by atoms with van der Waals surface area (Å²) < 4.78 is 0. The number of nitrogens with one attached hydrogen (secondary N) is 3. The number of benzene rings is 1. The molecule has 21 heavy (non-hydrogen) atoms. The summed E-state index contributed by atoms with van der Waals surface area (Å²) >= 11 is 0. The molecule has 1 fully saturated rings. The number of nitrogens with two attached hydrogens (primary N) is 1. The van der Waals surface area contributed by atoms with Crippen molar-refractivity contribution in [1.29, 1.82) is 0 Å². The number of hydrogen-bond acceptors (Lipinski definition) is 4. The van der Waals surface area contributed by atoms with E-state index in [1.54, 1.807) is 24.3 Å². The van der Waals surface area contributed by atoms with Crippen molar-refractivity contribution in [2.45, 2.75) is 12.8 Å². The van der Waals surface area contributed by atoms with Crippen molar-refractivity contribution in [3.05, 3.63) is 24.3 Å². The van der Waals surface area contributed by atoms with Crippen molar-refractivity contribution >= 4 is 29.1 Å². The third-order valence-corrected chi connectivity index (χ3v) is 2.99. The second kappa shape index (κ2) is 6.85. The summed E-state index contributed by atoms with van der Waals surface area (Å²) in [5, 5.41) is 7.81. The van der Waals surface area contributed by atoms with E-state index in [0.29, 0.717) is 11.4 Å². The molecule has 1 saturated carbocycles. The number of anilines is 2. The van der Waals surface area contributed by atoms with E-state index in [1.807, 2.05) is 0 Å². The normalized spacial score (nSPS) is 13.4. The largest absolute Gasteiger partial charge is 0.346 e. The predicted molar refractivity (Wildman–Crippen MR) is 78.5 cm³/mol. The summed E-state index contributed by atoms with van der Waals surface area (Å²) in [4.78, 5) is 34.2. The van der Waals surface area contributed by atoms with Crippen LogP contribution in [0.25, 0.3) is 0 Å². The Kier molecular flexibility index (Phi) is 4.89. The van der Waals surface area contributed by atoms with Crippen LogP contribution in [-0.2, 0) is 14.4 Å². The first-order valence-electron chi connectivity index (χ1n) is 6.76. The summed E-state index contributed by atoms with van der Waals surface area (Å²) in [5.74, 6) is -0.624. The topological polar surface area (TPSA) is 113 Å². The van der Waals surface area contributed by atoms with Crippen LogP contribution in [0, 0.1) is 5.92 Å². The molecule has 0 spiro atoms. The van der Waals surface area contributed by atoms with Gasteiger partial charge in [0, 0.05) is 17.3 Å². The average Bonchev–Trinajstić information content (AvgIpc) is 3.29. The van der Waals surface area contributed by atoms with Crippen molar-refractivity contribution in [1.82, 2.24) is 5.32 Å². The second-order valence-electron chi connectivity index (χ2n) is 4.87. The van der Waals surface area contributed by atoms with Crippen LogP contribution in [0.4, 0.5) is 11.4 Å². The molecule has 2 rings (SSSR count). The lowest BCUT2D eigenvalue weighted by atomic mass is 10.2. The van der Waals surface area contributed by atoms with E-state index in [4.69, 9.17) is 5.73 Å². The van der Waals surface area contributed by atoms with Gasteiger partial charge in [-0.25, -0.2) is 0 Å². The standard InChI is InChI=1S/C14H18N4O3/c15-7-12(19)16-8-13(20)17-10-2-1-3-11(6-10)18-14(21)9-4-5-9/h1-3,6,9H,4-5,7-8,15H2,(H,16,19)(H,17,20)(H,18,21). The lowest BCUT2D eigenvalue weighted by molar-refractivity contribution is -0.123. The molecule has 0 bridgehead atoms. The van der Waals surface area contributed by atoms with Crippen LogP contribution in [0.3, 0.4) is 0 Å². The third-order valence-electron chi connectivity index (χ3n) is 2.99. The molecule has 1 aromatic rings. The van der Waals surface area contributed by atoms with Crippen molar-refractivity contribution in [2.75, 3.05) is 23.7 Å². The first-order chi connectivity index (χ1) is 10.1. The number of amides is 3. The van der Waals surface area contributed by atoms with Gasteiger partial charge >= 0.3 is 0 Å². The highest BCUT2D eigenvalue weighted by atomic mass is 16.2. The first kappa shape index (κ1) is 15.0. The van der Waals surface area contributed by atoms with Crippen LogP contribution in [-0.4, -0.2) is 30.8 Å². The lowest BCUT2D eigenvalue weighted by Gasteiger charge is -2.09. The molecule has 5 N–H and O–H groups in total. The Morgan fingerprint density at radius 2 is 1.76 bits per heavy atom. The van der Waals surface area contributed by atoms with Gasteiger partial charge in [-0.2, -0.15) is 0 Å². The Hall–Kier alpha value is -2.41. The zero-order chi connectivity index (χ0) is 15.2. The summed E-state index contributed by atoms with van der Waals surface area (Å²) in [5.41, 5.74) is 6.31. The van der Waals surface area contributed by atoms with Gasteiger partial charge in [0.15, 0.2) is 0 Å². The number of rotatable bonds is 6. The van der Waals surface area contributed by atoms with Crippen LogP contribution < -0.4 is 21.7 Å². The molecule has 0 heterocycles. The fraction of sp³-hybridized carbons (Fsp3) is 0.357. The molecule has 7 nitrogen and oxygen atoms in total. The van der Waals surface area contributed by atoms with E-state index in [-0.39, 0.29) is 30.8 Å². The molecule has 1 aliphatic carbocycles. The van der Waals surface area contributed by atoms with Crippen LogP contribution >= 0.6 is 0 Å². The molecule has 0 radical (unpaired) electrons. The fourth-order valence-electron chi connectivity index (χ4n) is 1.72. The van der Waals surface area contributed by atoms with Crippen molar-refractivity contribution in [2.24, 2.45) is 11.7 Å². The van der Waals surface area contributed by atoms with E-state index in [1.165, 1.54) is 0 Å². The van der Waals surface area contributed by atoms with Gasteiger partial charge in [0.05, 0.1) is 13.1 Å². The Bertz CT molecular complexity index is 555. The van der Waals surface area contributed by atoms with Crippen LogP contribution in [0.1, 0.15) is 12.8 Å². The Balaban J connectivity index is 1.86. The Morgan fingerprint density at radius 1 is 1.10 bits per heavy atom. The molecule has 0 unspecified atom stereocenters. The van der Waals surface area contributed by atoms with Crippen LogP contribution in [0.2, 0.25) is 0 Å². The fourth-order valence-corrected chi connectivity index (χ4v) is 1.72. The molecular formula is C14H18N4O3. The maximum absolute atomic E-state index is 11.7. The quantitative estimate of drug-likeness (QED) is 0.592. The molecule has 0 aromatic heterocycles. The summed E-state index contributed by atoms with van der Waals surface area (Å²) in [7, 11) is 0. The molecule has 0 saturated heterocycles. The zero-order valence-electron chi connectivity index (χ0n) is 11.5. The van der Waals surface area contributed by atoms with E-state index < -0.39 is 5.91 Å². The van der Waals surface area contributed by atoms with Crippen LogP contribution in [0.15, 0.2) is 24.3 Å². The van der Waals surface area contributed by atoms with Gasteiger partial charge in [-0.1, -0.05) is 6.07 Å². The second-order valence-corrected chi connectivity index (χ2v) is 4.87. The van der Waals surface area contributed by atoms with Crippen molar-refractivity contribution in [3.8, 4) is 0 Å². The molecule has 0 atom stereocenters. The minimum Gasteiger partial charge on any atom is -0.346 e. The molecule has 112 valence electrons. The van der Waals surface area contributed by atoms with Crippen molar-refractivity contribution in [3.63, 3.8) is 0 Å². The van der Waals surface area contributed by atoms with Gasteiger partial charge in [0.1, 0.15) is 0 Å². The smallest absolute Gasteiger partial charge is 0.243 e. The lowest BCUT2D eigenvalue weighted by Crippen LogP contribution is -2.36. The minimum atomic E-state index is -0.393. The molecule has 1 aliphatic rings. The maximum atomic E-state index is 11.7. The van der Waals surface area contributed by atoms with Gasteiger partial charge in [0.2, 0.25) is 17.7 Å². The van der Waals surface area contributed by atoms with Gasteiger partial charge in [-0.3, -0.25) is 14.4 Å². The summed E-state index contributed by atoms with van der Waals surface area (Å²) in [6, 6.07) is 6.86. The Labute approximate surface area is 122 Å². The molecule has 3 amide bonds. The summed E-state index contributed by atoms with van der Waals surface area (Å²) in [6.45, 7) is -0.301. The summed E-state index contributed by atoms with van der Waals surface area (Å²) in [6.07, 6.45) is 1.87. The van der Waals surface area contributed by atoms with Crippen LogP contribution in [0.5, 0.6) is 0 Å². The minimum absolute atomic E-state index is 0.00804. The zero-order valence-corrected chi connectivity index (χ0v) is 11.5. The molecule has 7 heteroatoms. The highest BCUT2D eigenvalue weighted by Gasteiger charge is 2.29. The molecule has 0 aliphatic heterocycles. The van der Waals surface area contributed by atoms with E-state index in [9.17, 15) is 14.4 Å². The third kappa shape index (κ3) is 4.88. The van der Waals surface area contributed by atoms with Gasteiger partial charge in [-0.05, 0) is 31.0 Å². The highest BCUT2D eigenvalue weighted by Crippen LogP contribution is 2.30. The van der Waals surface area contributed by atoms with Gasteiger partial charge in [-0.15, -0.1) is 0 Å². The number of hydrogen-bond donors (Lipinski definition) is 4. The van der Waals surface area contributed by atoms with Gasteiger partial charge < -0.3 is 21.7 Å². The van der Waals surface area contributed by atoms with E-state index in [2.05, 4.69) is 16.0 Å². The maximum Gasteiger partial charge on any atom is 0.243 e. The Morgan fingerprint density at radius 3 is 2.38 bits per heavy atom. The number of carbonyl (C=O) groups excluding carboxylic acids is 3. The van der Waals surface area contributed by atoms with E-state index in [0.717, 1.165) is 12.8 Å². The highest BCUT2D eigenvalue weighted by molar-refractivity contribution is 5.97. The SMILES string of the molecule is NCC(=O)NCC(=O)Nc1cccc(NC(=O)C2CC2)c1. The monoisotopic (exact) mass is 290 g/mol. The van der Waals surface area contributed by atoms with Crippen molar-refractivity contribution < 1.29 is 14.4 Å². The van der Waals surface area contributed by atoms with Gasteiger partial charge in [0.25, 0.3) is 0 Å². The predicted octanol–water partition coefficient (Wildman–Crippen LogP) is 0.0485. The first-order valence-corrected chi connectivity index (χ1v) is 6.76. The molecule has 1 aromatic carbocycles. The van der Waals surface area contributed by atoms with E-state index >= 15 is 0 Å². The number of carbonyl (C=O) groups is 3. The molecular weight excluding hydrogens is 272 g/mol. The average molecular weight is 290 g/mol.